The van der Waals surface area contributed by atoms with Crippen molar-refractivity contribution >= 4 is 28.8 Å². The molecule has 2 aromatic heterocycles. The largest absolute Gasteiger partial charge is 0.488 e. The van der Waals surface area contributed by atoms with Crippen LogP contribution in [0, 0.1) is 0 Å². The lowest BCUT2D eigenvalue weighted by Gasteiger charge is -2.29. The molecule has 174 valence electrons. The molecule has 3 aliphatic rings. The first-order valence-corrected chi connectivity index (χ1v) is 11.6. The van der Waals surface area contributed by atoms with Gasteiger partial charge in [-0.1, -0.05) is 6.07 Å². The van der Waals surface area contributed by atoms with Crippen molar-refractivity contribution in [2.45, 2.75) is 38.0 Å². The molecular formula is C25H25N5O4. The van der Waals surface area contributed by atoms with Crippen molar-refractivity contribution in [3.05, 3.63) is 47.7 Å². The number of carbonyl (C=O) groups excluding carboxylic acids is 3. The second kappa shape index (κ2) is 7.95. The number of aryl methyl sites for hydroxylation is 1. The van der Waals surface area contributed by atoms with E-state index in [2.05, 4.69) is 10.6 Å². The number of nitrogens with one attached hydrogen (secondary N) is 2. The molecule has 9 nitrogen and oxygen atoms in total. The Labute approximate surface area is 196 Å². The minimum absolute atomic E-state index is 0.123. The summed E-state index contributed by atoms with van der Waals surface area (Å²) in [7, 11) is 1.96. The van der Waals surface area contributed by atoms with Crippen LogP contribution in [0.5, 0.6) is 5.75 Å². The van der Waals surface area contributed by atoms with Crippen molar-refractivity contribution in [3.63, 3.8) is 0 Å². The highest BCUT2D eigenvalue weighted by atomic mass is 16.5. The number of ether oxygens (including phenoxy) is 1. The van der Waals surface area contributed by atoms with E-state index in [1.54, 1.807) is 11.0 Å². The Morgan fingerprint density at radius 1 is 1.12 bits per heavy atom. The summed E-state index contributed by atoms with van der Waals surface area (Å²) < 4.78 is 8.31. The third-order valence-electron chi connectivity index (χ3n) is 6.93. The van der Waals surface area contributed by atoms with Crippen LogP contribution in [0.4, 0.5) is 0 Å². The maximum atomic E-state index is 13.0. The first-order chi connectivity index (χ1) is 16.5. The van der Waals surface area contributed by atoms with Crippen molar-refractivity contribution in [1.82, 2.24) is 25.1 Å². The topological polar surface area (TPSA) is 106 Å². The summed E-state index contributed by atoms with van der Waals surface area (Å²) in [6, 6.07) is 9.02. The third-order valence-corrected chi connectivity index (χ3v) is 6.93. The molecule has 2 saturated heterocycles. The Kier molecular flexibility index (Phi) is 4.88. The molecule has 0 bridgehead atoms. The molecule has 6 rings (SSSR count). The first kappa shape index (κ1) is 20.9. The van der Waals surface area contributed by atoms with E-state index in [0.29, 0.717) is 18.5 Å². The number of fused-ring (bicyclic) bond motifs is 2. The highest BCUT2D eigenvalue weighted by Crippen LogP contribution is 2.35. The van der Waals surface area contributed by atoms with Crippen LogP contribution >= 0.6 is 0 Å². The van der Waals surface area contributed by atoms with Crippen LogP contribution in [0.1, 0.15) is 35.2 Å². The van der Waals surface area contributed by atoms with Gasteiger partial charge in [0.15, 0.2) is 0 Å². The highest BCUT2D eigenvalue weighted by molar-refractivity contribution is 6.05. The second-order valence-corrected chi connectivity index (χ2v) is 9.17. The number of hydrogen-bond acceptors (Lipinski definition) is 6. The number of nitrogens with zero attached hydrogens (tertiary/aromatic N) is 3. The van der Waals surface area contributed by atoms with E-state index in [0.717, 1.165) is 53.1 Å². The number of pyridine rings is 1. The minimum Gasteiger partial charge on any atom is -0.488 e. The van der Waals surface area contributed by atoms with Gasteiger partial charge in [-0.25, -0.2) is 4.98 Å². The number of piperidine rings is 1. The molecular weight excluding hydrogens is 434 g/mol. The number of rotatable bonds is 4. The van der Waals surface area contributed by atoms with Crippen LogP contribution in [0.15, 0.2) is 36.5 Å². The Bertz CT molecular complexity index is 1340. The maximum absolute atomic E-state index is 13.0. The average molecular weight is 460 g/mol. The molecule has 5 heterocycles. The van der Waals surface area contributed by atoms with Gasteiger partial charge in [-0.05, 0) is 43.1 Å². The lowest BCUT2D eigenvalue weighted by Crippen LogP contribution is -2.52. The van der Waals surface area contributed by atoms with E-state index >= 15 is 0 Å². The third kappa shape index (κ3) is 3.43. The van der Waals surface area contributed by atoms with Gasteiger partial charge in [0, 0.05) is 49.9 Å². The van der Waals surface area contributed by atoms with Crippen molar-refractivity contribution in [2.75, 3.05) is 13.1 Å². The molecule has 9 heteroatoms. The molecule has 2 atom stereocenters. The molecule has 2 unspecified atom stereocenters. The predicted octanol–water partition coefficient (Wildman–Crippen LogP) is 1.74. The van der Waals surface area contributed by atoms with E-state index in [1.165, 1.54) is 0 Å². The van der Waals surface area contributed by atoms with Gasteiger partial charge < -0.3 is 19.5 Å². The van der Waals surface area contributed by atoms with Gasteiger partial charge in [-0.2, -0.15) is 0 Å². The number of aromatic nitrogens is 2. The maximum Gasteiger partial charge on any atom is 0.255 e. The molecule has 0 aliphatic carbocycles. The summed E-state index contributed by atoms with van der Waals surface area (Å²) >= 11 is 0. The van der Waals surface area contributed by atoms with Gasteiger partial charge in [0.05, 0.1) is 11.1 Å². The summed E-state index contributed by atoms with van der Waals surface area (Å²) in [6.45, 7) is 2.10. The molecule has 0 saturated carbocycles. The fraction of sp³-hybridized carbons (Fsp3) is 0.360. The van der Waals surface area contributed by atoms with E-state index in [4.69, 9.17) is 9.72 Å². The zero-order valence-electron chi connectivity index (χ0n) is 18.8. The number of imide groups is 1. The van der Waals surface area contributed by atoms with Gasteiger partial charge in [-0.15, -0.1) is 0 Å². The lowest BCUT2D eigenvalue weighted by atomic mass is 10.0. The Hall–Kier alpha value is -3.72. The summed E-state index contributed by atoms with van der Waals surface area (Å²) in [6.07, 6.45) is 3.64. The quantitative estimate of drug-likeness (QED) is 0.576. The molecule has 2 fully saturated rings. The summed E-state index contributed by atoms with van der Waals surface area (Å²) in [5.41, 5.74) is 3.92. The first-order valence-electron chi connectivity index (χ1n) is 11.6. The molecule has 3 amide bonds. The average Bonchev–Trinajstić information content (AvgIpc) is 3.54. The van der Waals surface area contributed by atoms with Gasteiger partial charge in [0.1, 0.15) is 23.5 Å². The monoisotopic (exact) mass is 459 g/mol. The normalized spacial score (nSPS) is 22.4. The van der Waals surface area contributed by atoms with Crippen LogP contribution in [0.3, 0.4) is 0 Å². The van der Waals surface area contributed by atoms with Crippen molar-refractivity contribution in [2.24, 2.45) is 7.05 Å². The fourth-order valence-electron chi connectivity index (χ4n) is 5.09. The van der Waals surface area contributed by atoms with Gasteiger partial charge in [0.25, 0.3) is 5.91 Å². The van der Waals surface area contributed by atoms with Crippen LogP contribution in [0.2, 0.25) is 0 Å². The molecule has 0 radical (unpaired) electrons. The Balaban J connectivity index is 1.34. The fourth-order valence-corrected chi connectivity index (χ4v) is 5.09. The zero-order chi connectivity index (χ0) is 23.4. The number of benzene rings is 1. The smallest absolute Gasteiger partial charge is 0.255 e. The summed E-state index contributed by atoms with van der Waals surface area (Å²) in [4.78, 5) is 43.3. The molecule has 3 aliphatic heterocycles. The number of hydrogen-bond donors (Lipinski definition) is 2. The predicted molar refractivity (Wildman–Crippen MR) is 124 cm³/mol. The summed E-state index contributed by atoms with van der Waals surface area (Å²) in [5, 5.41) is 6.65. The Morgan fingerprint density at radius 2 is 2.00 bits per heavy atom. The SMILES string of the molecule is Cn1ccc2c(OC3CCNC3)cc(-c3ccc4c(c3)CN(C3CCC(=O)NC3=O)C4=O)nc21. The van der Waals surface area contributed by atoms with Crippen molar-refractivity contribution < 1.29 is 19.1 Å². The van der Waals surface area contributed by atoms with E-state index in [-0.39, 0.29) is 24.3 Å². The van der Waals surface area contributed by atoms with Crippen LogP contribution < -0.4 is 15.4 Å². The van der Waals surface area contributed by atoms with Gasteiger partial charge in [0.2, 0.25) is 11.8 Å². The van der Waals surface area contributed by atoms with Crippen molar-refractivity contribution in [3.8, 4) is 17.0 Å². The van der Waals surface area contributed by atoms with E-state index < -0.39 is 11.9 Å². The highest BCUT2D eigenvalue weighted by Gasteiger charge is 2.39. The van der Waals surface area contributed by atoms with Crippen LogP contribution in [-0.4, -0.2) is 57.4 Å². The second-order valence-electron chi connectivity index (χ2n) is 9.17. The molecule has 0 spiro atoms. The van der Waals surface area contributed by atoms with Crippen LogP contribution in [-0.2, 0) is 23.2 Å². The number of amides is 3. The van der Waals surface area contributed by atoms with E-state index in [9.17, 15) is 14.4 Å². The van der Waals surface area contributed by atoms with E-state index in [1.807, 2.05) is 42.1 Å². The van der Waals surface area contributed by atoms with Crippen LogP contribution in [0.25, 0.3) is 22.3 Å². The number of carbonyl (C=O) groups is 3. The lowest BCUT2D eigenvalue weighted by molar-refractivity contribution is -0.136. The zero-order valence-corrected chi connectivity index (χ0v) is 18.8. The molecule has 34 heavy (non-hydrogen) atoms. The van der Waals surface area contributed by atoms with Gasteiger partial charge in [-0.3, -0.25) is 19.7 Å². The Morgan fingerprint density at radius 3 is 2.79 bits per heavy atom. The minimum atomic E-state index is -0.626. The molecule has 3 aromatic rings. The standard InChI is InChI=1S/C25H25N5O4/c1-29-9-7-18-21(34-16-6-8-26-12-16)11-19(27-23(18)29)14-2-3-17-15(10-14)13-30(25(17)33)20-4-5-22(31)28-24(20)32/h2-3,7,9-11,16,20,26H,4-6,8,12-13H2,1H3,(H,28,31,32). The van der Waals surface area contributed by atoms with Crippen molar-refractivity contribution in [1.29, 1.82) is 0 Å². The molecule has 2 N–H and O–H groups in total. The summed E-state index contributed by atoms with van der Waals surface area (Å²) in [5.74, 6) is -0.0754. The van der Waals surface area contributed by atoms with Gasteiger partial charge >= 0.3 is 0 Å². The molecule has 1 aromatic carbocycles.